The summed E-state index contributed by atoms with van der Waals surface area (Å²) in [5, 5.41) is 32.4. The molecule has 1 aromatic rings. The number of nitrogens with zero attached hydrogens (tertiary/aromatic N) is 2. The molecule has 2 unspecified atom stereocenters. The maximum atomic E-state index is 10.8. The number of hydrogen-bond donors (Lipinski definition) is 3. The van der Waals surface area contributed by atoms with Gasteiger partial charge in [-0.05, 0) is 13.3 Å². The van der Waals surface area contributed by atoms with Gasteiger partial charge in [-0.2, -0.15) is 5.10 Å². The van der Waals surface area contributed by atoms with Crippen molar-refractivity contribution in [1.82, 2.24) is 9.78 Å². The van der Waals surface area contributed by atoms with Gasteiger partial charge >= 0.3 is 5.97 Å². The van der Waals surface area contributed by atoms with Crippen LogP contribution in [0.1, 0.15) is 38.0 Å². The van der Waals surface area contributed by atoms with Crippen molar-refractivity contribution in [3.05, 3.63) is 18.0 Å². The minimum Gasteiger partial charge on any atom is -0.480 e. The van der Waals surface area contributed by atoms with E-state index < -0.39 is 24.2 Å². The number of carboxylic acids is 1. The summed E-state index contributed by atoms with van der Waals surface area (Å²) in [6.45, 7) is 2.90. The van der Waals surface area contributed by atoms with Crippen molar-refractivity contribution in [3.63, 3.8) is 0 Å². The molecule has 0 aliphatic rings. The van der Waals surface area contributed by atoms with Gasteiger partial charge < -0.3 is 15.3 Å². The summed E-state index contributed by atoms with van der Waals surface area (Å²) in [5.74, 6) is -0.625. The van der Waals surface area contributed by atoms with Crippen molar-refractivity contribution in [2.24, 2.45) is 0 Å². The van der Waals surface area contributed by atoms with E-state index in [2.05, 4.69) is 5.10 Å². The number of aliphatic carboxylic acids is 1. The molecule has 3 atom stereocenters. The van der Waals surface area contributed by atoms with Crippen LogP contribution < -0.4 is 0 Å². The number of carbonyl (C=O) groups is 2. The third-order valence-corrected chi connectivity index (χ3v) is 3.65. The van der Waals surface area contributed by atoms with Gasteiger partial charge in [0, 0.05) is 24.4 Å². The highest BCUT2D eigenvalue weighted by atomic mass is 32.2. The monoisotopic (exact) mass is 302 g/mol. The Balaban J connectivity index is 2.60. The second-order valence-corrected chi connectivity index (χ2v) is 5.68. The van der Waals surface area contributed by atoms with Crippen LogP contribution in [0.4, 0.5) is 0 Å². The lowest BCUT2D eigenvalue weighted by Gasteiger charge is -2.15. The lowest BCUT2D eigenvalue weighted by molar-refractivity contribution is -0.140. The fraction of sp³-hybridized carbons (Fsp3) is 0.583. The van der Waals surface area contributed by atoms with Crippen molar-refractivity contribution >= 4 is 22.8 Å². The molecule has 20 heavy (non-hydrogen) atoms. The Kier molecular flexibility index (Phi) is 6.18. The maximum absolute atomic E-state index is 10.8. The second-order valence-electron chi connectivity index (χ2n) is 4.41. The van der Waals surface area contributed by atoms with E-state index in [0.717, 1.165) is 11.8 Å². The molecule has 1 rings (SSSR count). The van der Waals surface area contributed by atoms with Gasteiger partial charge in [0.25, 0.3) is 0 Å². The molecule has 1 aromatic heterocycles. The molecule has 0 spiro atoms. The Morgan fingerprint density at radius 2 is 2.10 bits per heavy atom. The molecule has 0 aromatic carbocycles. The van der Waals surface area contributed by atoms with Crippen molar-refractivity contribution in [3.8, 4) is 0 Å². The molecule has 0 saturated heterocycles. The standard InChI is InChI=1S/C12H18N2O5S/c1-7(12(18)19)14-6-9(5-13-14)11(17)10(16)3-4-20-8(2)15/h5-7,10-11,16-17H,3-4H2,1-2H3,(H,18,19)/t7-,10?,11?/m0/s1. The van der Waals surface area contributed by atoms with Gasteiger partial charge in [-0.3, -0.25) is 9.48 Å². The van der Waals surface area contributed by atoms with E-state index >= 15 is 0 Å². The number of rotatable bonds is 7. The molecule has 112 valence electrons. The van der Waals surface area contributed by atoms with Gasteiger partial charge in [0.05, 0.1) is 12.3 Å². The molecular weight excluding hydrogens is 284 g/mol. The molecule has 0 bridgehead atoms. The first-order valence-electron chi connectivity index (χ1n) is 6.09. The molecular formula is C12H18N2O5S. The van der Waals surface area contributed by atoms with Gasteiger partial charge in [-0.15, -0.1) is 0 Å². The first-order chi connectivity index (χ1) is 9.32. The van der Waals surface area contributed by atoms with Gasteiger partial charge in [0.1, 0.15) is 12.1 Å². The number of thioether (sulfide) groups is 1. The lowest BCUT2D eigenvalue weighted by Crippen LogP contribution is -2.19. The fourth-order valence-corrected chi connectivity index (χ4v) is 2.18. The molecule has 0 amide bonds. The van der Waals surface area contributed by atoms with Gasteiger partial charge in [-0.25, -0.2) is 4.79 Å². The summed E-state index contributed by atoms with van der Waals surface area (Å²) in [6.07, 6.45) is 0.790. The summed E-state index contributed by atoms with van der Waals surface area (Å²) in [4.78, 5) is 21.6. The Bertz CT molecular complexity index is 476. The predicted molar refractivity (Wildman–Crippen MR) is 73.3 cm³/mol. The van der Waals surface area contributed by atoms with Crippen molar-refractivity contribution in [2.75, 3.05) is 5.75 Å². The summed E-state index contributed by atoms with van der Waals surface area (Å²) in [7, 11) is 0. The average Bonchev–Trinajstić information content (AvgIpc) is 2.85. The Hall–Kier alpha value is -1.38. The molecule has 7 nitrogen and oxygen atoms in total. The van der Waals surface area contributed by atoms with Gasteiger partial charge in [0.2, 0.25) is 0 Å². The van der Waals surface area contributed by atoms with Crippen molar-refractivity contribution in [2.45, 2.75) is 38.5 Å². The fourth-order valence-electron chi connectivity index (χ4n) is 1.53. The quantitative estimate of drug-likeness (QED) is 0.675. The van der Waals surface area contributed by atoms with E-state index in [-0.39, 0.29) is 11.5 Å². The Morgan fingerprint density at radius 3 is 2.65 bits per heavy atom. The normalized spacial score (nSPS) is 15.6. The van der Waals surface area contributed by atoms with Crippen LogP contribution in [-0.2, 0) is 9.59 Å². The van der Waals surface area contributed by atoms with E-state index in [4.69, 9.17) is 5.11 Å². The third-order valence-electron chi connectivity index (χ3n) is 2.80. The van der Waals surface area contributed by atoms with Gasteiger partial charge in [-0.1, -0.05) is 11.8 Å². The highest BCUT2D eigenvalue weighted by Gasteiger charge is 2.22. The lowest BCUT2D eigenvalue weighted by atomic mass is 10.1. The summed E-state index contributed by atoms with van der Waals surface area (Å²) in [6, 6.07) is -0.846. The minimum absolute atomic E-state index is 0.0465. The Labute approximate surface area is 120 Å². The number of aliphatic hydroxyl groups is 2. The average molecular weight is 302 g/mol. The van der Waals surface area contributed by atoms with Crippen LogP contribution in [0.5, 0.6) is 0 Å². The first kappa shape index (κ1) is 16.7. The molecule has 1 heterocycles. The topological polar surface area (TPSA) is 113 Å². The zero-order valence-electron chi connectivity index (χ0n) is 11.3. The highest BCUT2D eigenvalue weighted by molar-refractivity contribution is 8.13. The number of aromatic nitrogens is 2. The minimum atomic E-state index is -1.16. The molecule has 0 aliphatic carbocycles. The van der Waals surface area contributed by atoms with Crippen molar-refractivity contribution in [1.29, 1.82) is 0 Å². The number of carboxylic acid groups (broad SMARTS) is 1. The molecule has 0 radical (unpaired) electrons. The molecule has 0 aliphatic heterocycles. The zero-order chi connectivity index (χ0) is 15.3. The SMILES string of the molecule is CC(=O)SCCC(O)C(O)c1cnn([C@@H](C)C(=O)O)c1. The van der Waals surface area contributed by atoms with Gasteiger partial charge in [0.15, 0.2) is 5.12 Å². The number of hydrogen-bond acceptors (Lipinski definition) is 6. The van der Waals surface area contributed by atoms with E-state index in [1.807, 2.05) is 0 Å². The smallest absolute Gasteiger partial charge is 0.328 e. The second kappa shape index (κ2) is 7.41. The van der Waals surface area contributed by atoms with Crippen LogP contribution in [0.2, 0.25) is 0 Å². The summed E-state index contributed by atoms with van der Waals surface area (Å²) < 4.78 is 1.21. The zero-order valence-corrected chi connectivity index (χ0v) is 12.1. The largest absolute Gasteiger partial charge is 0.480 e. The number of aliphatic hydroxyl groups excluding tert-OH is 2. The molecule has 3 N–H and O–H groups in total. The van der Waals surface area contributed by atoms with E-state index in [1.54, 1.807) is 0 Å². The first-order valence-corrected chi connectivity index (χ1v) is 7.07. The molecule has 8 heteroatoms. The van der Waals surface area contributed by atoms with Crippen LogP contribution in [0, 0.1) is 0 Å². The van der Waals surface area contributed by atoms with E-state index in [9.17, 15) is 19.8 Å². The van der Waals surface area contributed by atoms with Crippen LogP contribution in [0.15, 0.2) is 12.4 Å². The third kappa shape index (κ3) is 4.62. The summed E-state index contributed by atoms with van der Waals surface area (Å²) in [5.41, 5.74) is 0.346. The molecule has 0 saturated carbocycles. The number of carbonyl (C=O) groups excluding carboxylic acids is 1. The highest BCUT2D eigenvalue weighted by Crippen LogP contribution is 2.21. The predicted octanol–water partition coefficient (Wildman–Crippen LogP) is 0.593. The maximum Gasteiger partial charge on any atom is 0.328 e. The van der Waals surface area contributed by atoms with Crippen LogP contribution in [0.3, 0.4) is 0 Å². The van der Waals surface area contributed by atoms with E-state index in [1.165, 1.54) is 30.9 Å². The van der Waals surface area contributed by atoms with Crippen LogP contribution >= 0.6 is 11.8 Å². The van der Waals surface area contributed by atoms with Crippen LogP contribution in [0.25, 0.3) is 0 Å². The summed E-state index contributed by atoms with van der Waals surface area (Å²) >= 11 is 1.08. The Morgan fingerprint density at radius 1 is 1.45 bits per heavy atom. The molecule has 0 fully saturated rings. The van der Waals surface area contributed by atoms with E-state index in [0.29, 0.717) is 11.3 Å². The van der Waals surface area contributed by atoms with Crippen molar-refractivity contribution < 1.29 is 24.9 Å². The van der Waals surface area contributed by atoms with Crippen LogP contribution in [-0.4, -0.2) is 48.0 Å².